The number of aryl methyl sites for hydroxylation is 2. The molecule has 0 bridgehead atoms. The highest BCUT2D eigenvalue weighted by Crippen LogP contribution is 2.58. The minimum atomic E-state index is -0.601. The molecule has 1 heterocycles. The molecule has 0 radical (unpaired) electrons. The van der Waals surface area contributed by atoms with Gasteiger partial charge < -0.3 is 9.47 Å². The minimum absolute atomic E-state index is 0.601. The molecule has 1 aliphatic carbocycles. The maximum atomic E-state index is 2.49. The van der Waals surface area contributed by atoms with Crippen molar-refractivity contribution in [1.82, 2.24) is 4.57 Å². The second kappa shape index (κ2) is 20.5. The molecule has 0 aliphatic heterocycles. The van der Waals surface area contributed by atoms with E-state index in [9.17, 15) is 0 Å². The number of fused-ring (bicyclic) bond motifs is 6. The van der Waals surface area contributed by atoms with Crippen molar-refractivity contribution < 1.29 is 0 Å². The van der Waals surface area contributed by atoms with Crippen LogP contribution in [0, 0.1) is 13.8 Å². The summed E-state index contributed by atoms with van der Waals surface area (Å²) >= 11 is 0. The number of aromatic nitrogens is 1. The van der Waals surface area contributed by atoms with Gasteiger partial charge in [0.15, 0.2) is 0 Å². The fourth-order valence-corrected chi connectivity index (χ4v) is 13.3. The molecule has 2 nitrogen and oxygen atoms in total. The number of benzene rings is 13. The fourth-order valence-electron chi connectivity index (χ4n) is 13.3. The molecule has 392 valence electrons. The molecule has 0 spiro atoms. The molecule has 83 heavy (non-hydrogen) atoms. The Hall–Kier alpha value is -10.5. The van der Waals surface area contributed by atoms with Gasteiger partial charge >= 0.3 is 0 Å². The number of hydrogen-bond donors (Lipinski definition) is 0. The molecule has 0 amide bonds. The van der Waals surface area contributed by atoms with Crippen molar-refractivity contribution in [2.75, 3.05) is 4.90 Å². The summed E-state index contributed by atoms with van der Waals surface area (Å²) in [5.74, 6) is 0. The van der Waals surface area contributed by atoms with Crippen LogP contribution in [0.5, 0.6) is 0 Å². The molecule has 0 saturated heterocycles. The fraction of sp³-hybridized carbons (Fsp3) is 0.0370. The van der Waals surface area contributed by atoms with Crippen molar-refractivity contribution in [3.05, 3.63) is 349 Å². The zero-order valence-electron chi connectivity index (χ0n) is 46.4. The Morgan fingerprint density at radius 2 is 0.675 bits per heavy atom. The van der Waals surface area contributed by atoms with Crippen LogP contribution in [-0.4, -0.2) is 4.57 Å². The standard InChI is InChI=1S/C81H58N2/c1-55-27-28-56(2)77(51-55)81(67-41-33-61(34-42-67)58-19-9-4-10-20-58)76-26-16-15-25-72(76)73-48-47-71(54-78(73)81)82(69-43-35-62(36-44-69)59-21-11-5-12-22-59)70-45-37-64(38-46-70)66-40-50-80-75(53-66)74-52-65(39-49-79(74)83(80)68-23-13-6-14-24-68)63-31-29-60(30-32-63)57-17-7-3-8-18-57/h3-54H,1-2H3. The average Bonchev–Trinajstić information content (AvgIpc) is 2.19. The predicted molar refractivity (Wildman–Crippen MR) is 349 cm³/mol. The van der Waals surface area contributed by atoms with Gasteiger partial charge in [0.2, 0.25) is 0 Å². The lowest BCUT2D eigenvalue weighted by atomic mass is 9.66. The van der Waals surface area contributed by atoms with Gasteiger partial charge in [0.25, 0.3) is 0 Å². The summed E-state index contributed by atoms with van der Waals surface area (Å²) in [6.45, 7) is 4.51. The lowest BCUT2D eigenvalue weighted by Gasteiger charge is -2.36. The first-order valence-electron chi connectivity index (χ1n) is 28.8. The molecule has 1 aliphatic rings. The molecule has 0 N–H and O–H groups in total. The Morgan fingerprint density at radius 1 is 0.277 bits per heavy atom. The summed E-state index contributed by atoms with van der Waals surface area (Å²) in [6.07, 6.45) is 0. The van der Waals surface area contributed by atoms with E-state index < -0.39 is 5.41 Å². The summed E-state index contributed by atoms with van der Waals surface area (Å²) in [5.41, 5.74) is 28.2. The van der Waals surface area contributed by atoms with Crippen molar-refractivity contribution >= 4 is 38.9 Å². The summed E-state index contributed by atoms with van der Waals surface area (Å²) in [5, 5.41) is 2.44. The summed E-state index contributed by atoms with van der Waals surface area (Å²) in [7, 11) is 0. The van der Waals surface area contributed by atoms with Crippen LogP contribution in [0.25, 0.3) is 94.3 Å². The van der Waals surface area contributed by atoms with Crippen LogP contribution in [0.1, 0.15) is 33.4 Å². The molecular formula is C81H58N2. The van der Waals surface area contributed by atoms with E-state index in [0.29, 0.717) is 0 Å². The van der Waals surface area contributed by atoms with Crippen molar-refractivity contribution in [3.63, 3.8) is 0 Å². The monoisotopic (exact) mass is 1060 g/mol. The van der Waals surface area contributed by atoms with Crippen LogP contribution in [0.15, 0.2) is 315 Å². The van der Waals surface area contributed by atoms with Gasteiger partial charge in [-0.05, 0) is 181 Å². The maximum absolute atomic E-state index is 2.49. The third-order valence-electron chi connectivity index (χ3n) is 17.3. The van der Waals surface area contributed by atoms with Crippen LogP contribution in [0.3, 0.4) is 0 Å². The van der Waals surface area contributed by atoms with Crippen LogP contribution in [-0.2, 0) is 5.41 Å². The van der Waals surface area contributed by atoms with E-state index in [-0.39, 0.29) is 0 Å². The van der Waals surface area contributed by atoms with E-state index in [1.54, 1.807) is 0 Å². The molecule has 0 saturated carbocycles. The first kappa shape index (κ1) is 49.5. The summed E-state index contributed by atoms with van der Waals surface area (Å²) in [4.78, 5) is 2.44. The van der Waals surface area contributed by atoms with Gasteiger partial charge in [-0.15, -0.1) is 0 Å². The Morgan fingerprint density at radius 3 is 1.19 bits per heavy atom. The molecular weight excluding hydrogens is 1000 g/mol. The molecule has 1 unspecified atom stereocenters. The first-order valence-corrected chi connectivity index (χ1v) is 28.8. The van der Waals surface area contributed by atoms with Gasteiger partial charge in [-0.3, -0.25) is 0 Å². The predicted octanol–water partition coefficient (Wildman–Crippen LogP) is 21.6. The minimum Gasteiger partial charge on any atom is -0.310 e. The van der Waals surface area contributed by atoms with Gasteiger partial charge in [-0.25, -0.2) is 0 Å². The topological polar surface area (TPSA) is 8.17 Å². The van der Waals surface area contributed by atoms with Gasteiger partial charge in [-0.2, -0.15) is 0 Å². The average molecular weight is 1060 g/mol. The molecule has 13 aromatic carbocycles. The number of hydrogen-bond acceptors (Lipinski definition) is 1. The number of para-hydroxylation sites is 1. The Kier molecular flexibility index (Phi) is 12.2. The zero-order valence-corrected chi connectivity index (χ0v) is 46.4. The molecule has 1 aromatic heterocycles. The van der Waals surface area contributed by atoms with E-state index in [0.717, 1.165) is 28.3 Å². The zero-order chi connectivity index (χ0) is 55.4. The third kappa shape index (κ3) is 8.58. The summed E-state index contributed by atoms with van der Waals surface area (Å²) < 4.78 is 2.41. The van der Waals surface area contributed by atoms with Crippen LogP contribution >= 0.6 is 0 Å². The van der Waals surface area contributed by atoms with Gasteiger partial charge in [0.05, 0.1) is 16.4 Å². The SMILES string of the molecule is Cc1ccc(C)c(C2(c3ccc(-c4ccccc4)cc3)c3ccccc3-c3ccc(N(c4ccc(-c5ccccc5)cc4)c4ccc(-c5ccc6c(c5)c5cc(-c7ccc(-c8ccccc8)cc7)ccc5n6-c5ccccc5)cc4)cc32)c1. The van der Waals surface area contributed by atoms with Crippen molar-refractivity contribution in [2.45, 2.75) is 19.3 Å². The van der Waals surface area contributed by atoms with Crippen LogP contribution < -0.4 is 4.90 Å². The van der Waals surface area contributed by atoms with E-state index >= 15 is 0 Å². The van der Waals surface area contributed by atoms with E-state index in [4.69, 9.17) is 0 Å². The van der Waals surface area contributed by atoms with Crippen LogP contribution in [0.2, 0.25) is 0 Å². The number of anilines is 3. The second-order valence-corrected chi connectivity index (χ2v) is 22.2. The number of rotatable bonds is 11. The molecule has 0 fully saturated rings. The Balaban J connectivity index is 0.871. The maximum Gasteiger partial charge on any atom is 0.0716 e. The quantitative estimate of drug-likeness (QED) is 0.125. The van der Waals surface area contributed by atoms with Gasteiger partial charge in [0.1, 0.15) is 0 Å². The molecule has 1 atom stereocenters. The molecule has 14 aromatic rings. The van der Waals surface area contributed by atoms with E-state index in [2.05, 4.69) is 339 Å². The Labute approximate surface area is 486 Å². The second-order valence-electron chi connectivity index (χ2n) is 22.2. The normalized spacial score (nSPS) is 13.5. The number of nitrogens with zero attached hydrogens (tertiary/aromatic N) is 2. The van der Waals surface area contributed by atoms with E-state index in [1.165, 1.54) is 116 Å². The van der Waals surface area contributed by atoms with Crippen molar-refractivity contribution in [2.24, 2.45) is 0 Å². The smallest absolute Gasteiger partial charge is 0.0716 e. The highest BCUT2D eigenvalue weighted by molar-refractivity contribution is 6.12. The molecule has 2 heteroatoms. The summed E-state index contributed by atoms with van der Waals surface area (Å²) in [6, 6.07) is 117. The Bertz CT molecular complexity index is 4680. The van der Waals surface area contributed by atoms with E-state index in [1.807, 2.05) is 0 Å². The highest BCUT2D eigenvalue weighted by atomic mass is 15.1. The lowest BCUT2D eigenvalue weighted by molar-refractivity contribution is 0.760. The largest absolute Gasteiger partial charge is 0.310 e. The van der Waals surface area contributed by atoms with Gasteiger partial charge in [-0.1, -0.05) is 248 Å². The van der Waals surface area contributed by atoms with Crippen molar-refractivity contribution in [3.8, 4) is 72.4 Å². The molecule has 15 rings (SSSR count). The third-order valence-corrected chi connectivity index (χ3v) is 17.3. The van der Waals surface area contributed by atoms with Crippen LogP contribution in [0.4, 0.5) is 17.1 Å². The lowest BCUT2D eigenvalue weighted by Crippen LogP contribution is -2.30. The van der Waals surface area contributed by atoms with Gasteiger partial charge in [0, 0.05) is 33.5 Å². The first-order chi connectivity index (χ1) is 41.0. The van der Waals surface area contributed by atoms with Crippen molar-refractivity contribution in [1.29, 1.82) is 0 Å². The highest BCUT2D eigenvalue weighted by Gasteiger charge is 2.47.